The molecule has 1 amide bonds. The van der Waals surface area contributed by atoms with Crippen LogP contribution < -0.4 is 0 Å². The minimum atomic E-state index is -0.915. The van der Waals surface area contributed by atoms with E-state index in [1.165, 1.54) is 6.92 Å². The Hall–Kier alpha value is -2.63. The van der Waals surface area contributed by atoms with E-state index in [9.17, 15) is 19.5 Å². The standard InChI is InChI=1S/C19H20N2O4/c1-11(22)15-9-20(16-5-3-2-4-14(15)16)10-17(23)21-13-7-6-12(8-13)18(21)19(24)25/h2-5,9,12-13,18H,6-8,10H2,1H3,(H,24,25)/t12-,13+,18-/m0/s1. The Kier molecular flexibility index (Phi) is 3.63. The number of rotatable bonds is 4. The molecule has 6 heteroatoms. The van der Waals surface area contributed by atoms with E-state index in [1.54, 1.807) is 15.7 Å². The lowest BCUT2D eigenvalue weighted by molar-refractivity contribution is -0.152. The molecular weight excluding hydrogens is 320 g/mol. The number of para-hydroxylation sites is 1. The molecule has 1 aromatic heterocycles. The Morgan fingerprint density at radius 3 is 2.68 bits per heavy atom. The average molecular weight is 340 g/mol. The summed E-state index contributed by atoms with van der Waals surface area (Å²) >= 11 is 0. The summed E-state index contributed by atoms with van der Waals surface area (Å²) in [6.07, 6.45) is 4.25. The number of Topliss-reactive ketones (excluding diaryl/α,β-unsaturated/α-hetero) is 1. The van der Waals surface area contributed by atoms with Crippen LogP contribution in [0.1, 0.15) is 36.5 Å². The summed E-state index contributed by atoms with van der Waals surface area (Å²) in [7, 11) is 0. The minimum absolute atomic E-state index is 0.0349. The molecule has 2 bridgehead atoms. The molecule has 1 saturated heterocycles. The van der Waals surface area contributed by atoms with Crippen LogP contribution in [0.4, 0.5) is 0 Å². The van der Waals surface area contributed by atoms with E-state index in [1.807, 2.05) is 24.3 Å². The van der Waals surface area contributed by atoms with Crippen LogP contribution in [0.15, 0.2) is 30.5 Å². The molecular formula is C19H20N2O4. The maximum absolute atomic E-state index is 12.9. The van der Waals surface area contributed by atoms with E-state index in [0.29, 0.717) is 5.56 Å². The third kappa shape index (κ3) is 2.44. The number of likely N-dealkylation sites (tertiary alicyclic amines) is 1. The van der Waals surface area contributed by atoms with Gasteiger partial charge in [-0.15, -0.1) is 0 Å². The van der Waals surface area contributed by atoms with Gasteiger partial charge in [0.2, 0.25) is 5.91 Å². The molecule has 1 aliphatic heterocycles. The van der Waals surface area contributed by atoms with E-state index in [4.69, 9.17) is 0 Å². The Bertz CT molecular complexity index is 885. The van der Waals surface area contributed by atoms with Gasteiger partial charge in [-0.25, -0.2) is 4.79 Å². The van der Waals surface area contributed by atoms with Crippen molar-refractivity contribution in [2.45, 2.75) is 44.8 Å². The molecule has 2 aromatic rings. The number of fused-ring (bicyclic) bond motifs is 3. The second kappa shape index (κ2) is 5.72. The Balaban J connectivity index is 1.66. The van der Waals surface area contributed by atoms with Crippen LogP contribution in [-0.2, 0) is 16.1 Å². The topological polar surface area (TPSA) is 79.6 Å². The maximum Gasteiger partial charge on any atom is 0.326 e. The van der Waals surface area contributed by atoms with Crippen LogP contribution in [0.5, 0.6) is 0 Å². The highest BCUT2D eigenvalue weighted by atomic mass is 16.4. The van der Waals surface area contributed by atoms with E-state index in [-0.39, 0.29) is 30.2 Å². The highest BCUT2D eigenvalue weighted by Crippen LogP contribution is 2.42. The Morgan fingerprint density at radius 1 is 1.20 bits per heavy atom. The van der Waals surface area contributed by atoms with Gasteiger partial charge in [0.1, 0.15) is 12.6 Å². The number of benzene rings is 1. The molecule has 2 heterocycles. The zero-order chi connectivity index (χ0) is 17.7. The highest BCUT2D eigenvalue weighted by Gasteiger charge is 2.51. The van der Waals surface area contributed by atoms with Gasteiger partial charge in [0.25, 0.3) is 0 Å². The highest BCUT2D eigenvalue weighted by molar-refractivity contribution is 6.07. The first-order chi connectivity index (χ1) is 12.0. The van der Waals surface area contributed by atoms with Crippen molar-refractivity contribution in [1.29, 1.82) is 0 Å². The number of ketones is 1. The van der Waals surface area contributed by atoms with E-state index < -0.39 is 12.0 Å². The van der Waals surface area contributed by atoms with Gasteiger partial charge in [0.05, 0.1) is 0 Å². The molecule has 0 spiro atoms. The number of carboxylic acids is 1. The van der Waals surface area contributed by atoms with Gasteiger partial charge in [-0.1, -0.05) is 18.2 Å². The molecule has 2 fully saturated rings. The average Bonchev–Trinajstić information content (AvgIpc) is 3.27. The number of carbonyl (C=O) groups excluding carboxylic acids is 2. The van der Waals surface area contributed by atoms with Gasteiger partial charge >= 0.3 is 5.97 Å². The monoisotopic (exact) mass is 340 g/mol. The predicted molar refractivity (Wildman–Crippen MR) is 91.3 cm³/mol. The molecule has 3 atom stereocenters. The number of aliphatic carboxylic acids is 1. The number of carboxylic acid groups (broad SMARTS) is 1. The molecule has 0 radical (unpaired) electrons. The molecule has 1 aliphatic carbocycles. The van der Waals surface area contributed by atoms with Gasteiger partial charge in [0.15, 0.2) is 5.78 Å². The molecule has 25 heavy (non-hydrogen) atoms. The van der Waals surface area contributed by atoms with Crippen molar-refractivity contribution in [3.05, 3.63) is 36.0 Å². The first kappa shape index (κ1) is 15.9. The fourth-order valence-corrected chi connectivity index (χ4v) is 4.55. The predicted octanol–water partition coefficient (Wildman–Crippen LogP) is 2.31. The second-order valence-corrected chi connectivity index (χ2v) is 7.06. The van der Waals surface area contributed by atoms with Gasteiger partial charge in [-0.3, -0.25) is 9.59 Å². The van der Waals surface area contributed by atoms with Crippen molar-refractivity contribution in [1.82, 2.24) is 9.47 Å². The first-order valence-electron chi connectivity index (χ1n) is 8.60. The quantitative estimate of drug-likeness (QED) is 0.866. The SMILES string of the molecule is CC(=O)c1cn(CC(=O)N2[C@@H]3CC[C@@H](C3)[C@H]2C(=O)O)c2ccccc12. The smallest absolute Gasteiger partial charge is 0.326 e. The summed E-state index contributed by atoms with van der Waals surface area (Å²) in [4.78, 5) is 38.0. The zero-order valence-electron chi connectivity index (χ0n) is 14.0. The van der Waals surface area contributed by atoms with Crippen molar-refractivity contribution in [2.75, 3.05) is 0 Å². The molecule has 2 aliphatic rings. The number of nitrogens with zero attached hydrogens (tertiary/aromatic N) is 2. The van der Waals surface area contributed by atoms with Gasteiger partial charge in [0, 0.05) is 28.7 Å². The molecule has 1 aromatic carbocycles. The summed E-state index contributed by atoms with van der Waals surface area (Å²) < 4.78 is 1.76. The number of piperidine rings is 1. The van der Waals surface area contributed by atoms with E-state index in [0.717, 1.165) is 30.2 Å². The summed E-state index contributed by atoms with van der Waals surface area (Å²) in [6, 6.07) is 6.80. The van der Waals surface area contributed by atoms with Crippen LogP contribution in [-0.4, -0.2) is 44.3 Å². The van der Waals surface area contributed by atoms with Gasteiger partial charge in [-0.05, 0) is 38.2 Å². The first-order valence-corrected chi connectivity index (χ1v) is 8.60. The van der Waals surface area contributed by atoms with Crippen LogP contribution in [0.25, 0.3) is 10.9 Å². The lowest BCUT2D eigenvalue weighted by Crippen LogP contribution is -2.50. The van der Waals surface area contributed by atoms with Crippen molar-refractivity contribution < 1.29 is 19.5 Å². The summed E-state index contributed by atoms with van der Waals surface area (Å²) in [6.45, 7) is 1.56. The summed E-state index contributed by atoms with van der Waals surface area (Å²) in [5.74, 6) is -1.08. The van der Waals surface area contributed by atoms with Gasteiger partial charge in [-0.2, -0.15) is 0 Å². The van der Waals surface area contributed by atoms with Crippen LogP contribution in [0.2, 0.25) is 0 Å². The lowest BCUT2D eigenvalue weighted by Gasteiger charge is -2.32. The molecule has 0 unspecified atom stereocenters. The second-order valence-electron chi connectivity index (χ2n) is 7.06. The molecule has 130 valence electrons. The fourth-order valence-electron chi connectivity index (χ4n) is 4.55. The largest absolute Gasteiger partial charge is 0.480 e. The molecule has 1 saturated carbocycles. The summed E-state index contributed by atoms with van der Waals surface area (Å²) in [5, 5.41) is 10.3. The van der Waals surface area contributed by atoms with Crippen LogP contribution >= 0.6 is 0 Å². The molecule has 1 N–H and O–H groups in total. The maximum atomic E-state index is 12.9. The zero-order valence-corrected chi connectivity index (χ0v) is 14.0. The van der Waals surface area contributed by atoms with E-state index in [2.05, 4.69) is 0 Å². The number of hydrogen-bond donors (Lipinski definition) is 1. The normalized spacial score (nSPS) is 24.8. The number of aromatic nitrogens is 1. The fraction of sp³-hybridized carbons (Fsp3) is 0.421. The number of amides is 1. The van der Waals surface area contributed by atoms with Crippen LogP contribution in [0.3, 0.4) is 0 Å². The van der Waals surface area contributed by atoms with E-state index >= 15 is 0 Å². The number of hydrogen-bond acceptors (Lipinski definition) is 3. The Labute approximate surface area is 145 Å². The van der Waals surface area contributed by atoms with Crippen molar-refractivity contribution in [3.63, 3.8) is 0 Å². The van der Waals surface area contributed by atoms with Gasteiger partial charge < -0.3 is 14.6 Å². The third-order valence-corrected chi connectivity index (χ3v) is 5.60. The minimum Gasteiger partial charge on any atom is -0.480 e. The van der Waals surface area contributed by atoms with Crippen molar-refractivity contribution in [2.24, 2.45) is 5.92 Å². The lowest BCUT2D eigenvalue weighted by atomic mass is 9.99. The molecule has 6 nitrogen and oxygen atoms in total. The third-order valence-electron chi connectivity index (χ3n) is 5.60. The summed E-state index contributed by atoms with van der Waals surface area (Å²) in [5.41, 5.74) is 1.40. The number of carbonyl (C=O) groups is 3. The van der Waals surface area contributed by atoms with Crippen molar-refractivity contribution in [3.8, 4) is 0 Å². The Morgan fingerprint density at radius 2 is 1.96 bits per heavy atom. The van der Waals surface area contributed by atoms with Crippen molar-refractivity contribution >= 4 is 28.6 Å². The molecule has 4 rings (SSSR count). The van der Waals surface area contributed by atoms with Crippen LogP contribution in [0, 0.1) is 5.92 Å².